The van der Waals surface area contributed by atoms with Crippen LogP contribution in [0.15, 0.2) is 47.4 Å². The molecular formula is C23H27N3O6S. The maximum atomic E-state index is 12.9. The molecule has 3 N–H and O–H groups in total. The molecule has 33 heavy (non-hydrogen) atoms. The van der Waals surface area contributed by atoms with Gasteiger partial charge in [0.1, 0.15) is 0 Å². The summed E-state index contributed by atoms with van der Waals surface area (Å²) < 4.78 is 33.2. The van der Waals surface area contributed by atoms with Gasteiger partial charge in [-0.3, -0.25) is 14.8 Å². The average Bonchev–Trinajstić information content (AvgIpc) is 3.24. The van der Waals surface area contributed by atoms with Gasteiger partial charge in [-0.15, -0.1) is 0 Å². The molecule has 3 rings (SSSR count). The monoisotopic (exact) mass is 473 g/mol. The highest BCUT2D eigenvalue weighted by Crippen LogP contribution is 2.22. The number of anilines is 1. The average molecular weight is 474 g/mol. The smallest absolute Gasteiger partial charge is 0.338 e. The lowest BCUT2D eigenvalue weighted by atomic mass is 10.1. The maximum Gasteiger partial charge on any atom is 0.338 e. The number of urea groups is 1. The van der Waals surface area contributed by atoms with E-state index in [4.69, 9.17) is 4.74 Å². The van der Waals surface area contributed by atoms with E-state index in [1.807, 2.05) is 13.0 Å². The Hall–Kier alpha value is -3.40. The number of carbonyl (C=O) groups is 3. The van der Waals surface area contributed by atoms with Crippen LogP contribution in [-0.4, -0.2) is 39.0 Å². The molecule has 0 bridgehead atoms. The molecule has 0 atom stereocenters. The molecule has 0 radical (unpaired) electrons. The molecule has 1 aliphatic carbocycles. The first-order chi connectivity index (χ1) is 15.6. The Morgan fingerprint density at radius 1 is 1.03 bits per heavy atom. The van der Waals surface area contributed by atoms with Crippen molar-refractivity contribution in [3.63, 3.8) is 0 Å². The minimum atomic E-state index is -3.97. The number of carbonyl (C=O) groups excluding carboxylic acids is 3. The van der Waals surface area contributed by atoms with Crippen LogP contribution in [0.4, 0.5) is 10.5 Å². The van der Waals surface area contributed by atoms with Crippen molar-refractivity contribution in [2.45, 2.75) is 50.5 Å². The molecule has 0 spiro atoms. The highest BCUT2D eigenvalue weighted by Gasteiger charge is 2.21. The zero-order valence-corrected chi connectivity index (χ0v) is 19.3. The first kappa shape index (κ1) is 24.2. The van der Waals surface area contributed by atoms with E-state index in [2.05, 4.69) is 15.4 Å². The van der Waals surface area contributed by atoms with Gasteiger partial charge in [-0.05, 0) is 62.1 Å². The Kier molecular flexibility index (Phi) is 7.70. The number of amides is 3. The minimum Gasteiger partial charge on any atom is -0.452 e. The number of imide groups is 1. The summed E-state index contributed by atoms with van der Waals surface area (Å²) in [6, 6.07) is 10.4. The number of sulfonamides is 1. The maximum absolute atomic E-state index is 12.9. The van der Waals surface area contributed by atoms with E-state index in [1.165, 1.54) is 18.2 Å². The molecule has 9 nitrogen and oxygen atoms in total. The Bertz CT molecular complexity index is 1160. The predicted molar refractivity (Wildman–Crippen MR) is 122 cm³/mol. The zero-order chi connectivity index (χ0) is 24.0. The standard InChI is InChI=1S/C23H27N3O6S/c1-15-6-5-9-19(12-15)26-33(30,31)20-13-17(11-10-16(20)2)22(28)32-14-21(27)25-23(29)24-18-7-3-4-8-18/h5-6,9-13,18,26H,3-4,7-8,14H2,1-2H3,(H2,24,25,27,29). The van der Waals surface area contributed by atoms with E-state index in [1.54, 1.807) is 25.1 Å². The number of benzene rings is 2. The first-order valence-corrected chi connectivity index (χ1v) is 12.1. The number of ether oxygens (including phenoxy) is 1. The summed E-state index contributed by atoms with van der Waals surface area (Å²) in [4.78, 5) is 36.1. The quantitative estimate of drug-likeness (QED) is 0.530. The predicted octanol–water partition coefficient (Wildman–Crippen LogP) is 3.03. The summed E-state index contributed by atoms with van der Waals surface area (Å²) >= 11 is 0. The topological polar surface area (TPSA) is 131 Å². The lowest BCUT2D eigenvalue weighted by Crippen LogP contribution is -2.45. The van der Waals surface area contributed by atoms with Crippen molar-refractivity contribution >= 4 is 33.6 Å². The highest BCUT2D eigenvalue weighted by atomic mass is 32.2. The fourth-order valence-electron chi connectivity index (χ4n) is 3.60. The fraction of sp³-hybridized carbons (Fsp3) is 0.348. The van der Waals surface area contributed by atoms with Crippen LogP contribution in [0.25, 0.3) is 0 Å². The molecule has 0 aliphatic heterocycles. The second-order valence-corrected chi connectivity index (χ2v) is 9.69. The van der Waals surface area contributed by atoms with Gasteiger partial charge < -0.3 is 10.1 Å². The molecule has 2 aromatic rings. The number of rotatable bonds is 7. The van der Waals surface area contributed by atoms with Crippen molar-refractivity contribution in [2.24, 2.45) is 0 Å². The van der Waals surface area contributed by atoms with Gasteiger partial charge in [0.25, 0.3) is 15.9 Å². The van der Waals surface area contributed by atoms with Crippen molar-refractivity contribution in [3.05, 3.63) is 59.2 Å². The van der Waals surface area contributed by atoms with Crippen LogP contribution < -0.4 is 15.4 Å². The molecule has 0 heterocycles. The van der Waals surface area contributed by atoms with Gasteiger partial charge in [0, 0.05) is 11.7 Å². The van der Waals surface area contributed by atoms with Gasteiger partial charge in [-0.1, -0.05) is 31.0 Å². The van der Waals surface area contributed by atoms with E-state index >= 15 is 0 Å². The molecule has 3 amide bonds. The van der Waals surface area contributed by atoms with Gasteiger partial charge in [0.15, 0.2) is 6.61 Å². The zero-order valence-electron chi connectivity index (χ0n) is 18.5. The fourth-order valence-corrected chi connectivity index (χ4v) is 4.93. The molecule has 1 fully saturated rings. The lowest BCUT2D eigenvalue weighted by molar-refractivity contribution is -0.123. The van der Waals surface area contributed by atoms with Crippen molar-refractivity contribution in [1.29, 1.82) is 0 Å². The van der Waals surface area contributed by atoms with Crippen LogP contribution in [0.5, 0.6) is 0 Å². The molecule has 0 unspecified atom stereocenters. The Morgan fingerprint density at radius 3 is 2.45 bits per heavy atom. The summed E-state index contributed by atoms with van der Waals surface area (Å²) in [5, 5.41) is 4.82. The number of esters is 1. The van der Waals surface area contributed by atoms with Gasteiger partial charge >= 0.3 is 12.0 Å². The second kappa shape index (κ2) is 10.5. The van der Waals surface area contributed by atoms with Crippen LogP contribution >= 0.6 is 0 Å². The van der Waals surface area contributed by atoms with Crippen molar-refractivity contribution in [1.82, 2.24) is 10.6 Å². The summed E-state index contributed by atoms with van der Waals surface area (Å²) in [6.07, 6.45) is 3.80. The van der Waals surface area contributed by atoms with Gasteiger partial charge in [0.05, 0.1) is 10.5 Å². The number of nitrogens with one attached hydrogen (secondary N) is 3. The number of aryl methyl sites for hydroxylation is 2. The Balaban J connectivity index is 1.61. The van der Waals surface area contributed by atoms with Crippen LogP contribution in [0, 0.1) is 13.8 Å². The molecule has 1 saturated carbocycles. The largest absolute Gasteiger partial charge is 0.452 e. The van der Waals surface area contributed by atoms with Gasteiger partial charge in [0.2, 0.25) is 0 Å². The van der Waals surface area contributed by atoms with Crippen LogP contribution in [0.1, 0.15) is 47.2 Å². The molecule has 10 heteroatoms. The van der Waals surface area contributed by atoms with Crippen molar-refractivity contribution < 1.29 is 27.5 Å². The summed E-state index contributed by atoms with van der Waals surface area (Å²) in [7, 11) is -3.97. The molecule has 0 aromatic heterocycles. The second-order valence-electron chi connectivity index (χ2n) is 8.03. The Labute approximate surface area is 193 Å². The molecular weight excluding hydrogens is 446 g/mol. The molecule has 2 aromatic carbocycles. The summed E-state index contributed by atoms with van der Waals surface area (Å²) in [5.74, 6) is -1.66. The lowest BCUT2D eigenvalue weighted by Gasteiger charge is -2.13. The summed E-state index contributed by atoms with van der Waals surface area (Å²) in [5.41, 5.74) is 1.69. The SMILES string of the molecule is Cc1cccc(NS(=O)(=O)c2cc(C(=O)OCC(=O)NC(=O)NC3CCCC3)ccc2C)c1. The highest BCUT2D eigenvalue weighted by molar-refractivity contribution is 7.92. The van der Waals surface area contributed by atoms with Crippen LogP contribution in [0.2, 0.25) is 0 Å². The minimum absolute atomic E-state index is 0.0339. The third-order valence-electron chi connectivity index (χ3n) is 5.26. The third-order valence-corrected chi connectivity index (χ3v) is 6.78. The van der Waals surface area contributed by atoms with E-state index in [-0.39, 0.29) is 16.5 Å². The van der Waals surface area contributed by atoms with Crippen molar-refractivity contribution in [2.75, 3.05) is 11.3 Å². The van der Waals surface area contributed by atoms with Crippen LogP contribution in [0.3, 0.4) is 0 Å². The normalized spacial score (nSPS) is 13.9. The van der Waals surface area contributed by atoms with E-state index in [0.29, 0.717) is 11.3 Å². The van der Waals surface area contributed by atoms with Crippen LogP contribution in [-0.2, 0) is 19.6 Å². The van der Waals surface area contributed by atoms with E-state index in [9.17, 15) is 22.8 Å². The number of hydrogen-bond donors (Lipinski definition) is 3. The van der Waals surface area contributed by atoms with E-state index in [0.717, 1.165) is 31.2 Å². The summed E-state index contributed by atoms with van der Waals surface area (Å²) in [6.45, 7) is 2.78. The molecule has 176 valence electrons. The number of hydrogen-bond acceptors (Lipinski definition) is 6. The van der Waals surface area contributed by atoms with Crippen molar-refractivity contribution in [3.8, 4) is 0 Å². The van der Waals surface area contributed by atoms with Gasteiger partial charge in [-0.25, -0.2) is 18.0 Å². The Morgan fingerprint density at radius 2 is 1.76 bits per heavy atom. The van der Waals surface area contributed by atoms with E-state index < -0.39 is 34.5 Å². The molecule has 0 saturated heterocycles. The first-order valence-electron chi connectivity index (χ1n) is 10.6. The van der Waals surface area contributed by atoms with Gasteiger partial charge in [-0.2, -0.15) is 0 Å². The molecule has 1 aliphatic rings. The third kappa shape index (κ3) is 6.79.